The van der Waals surface area contributed by atoms with Crippen LogP contribution in [0, 0.1) is 0 Å². The van der Waals surface area contributed by atoms with E-state index in [2.05, 4.69) is 141 Å². The molecule has 596 valence electrons. The first-order valence-corrected chi connectivity index (χ1v) is 51.9. The molecule has 0 radical (unpaired) electrons. The van der Waals surface area contributed by atoms with Crippen LogP contribution in [-0.2, 0) is 90.8 Å². The van der Waals surface area contributed by atoms with Crippen LogP contribution in [0.5, 0.6) is 0 Å². The minimum absolute atomic E-state index is 0.0299. The van der Waals surface area contributed by atoms with Gasteiger partial charge in [-0.15, -0.1) is 34.0 Å². The number of aryl methyl sites for hydroxylation is 3. The highest BCUT2D eigenvalue weighted by Crippen LogP contribution is 2.39. The minimum Gasteiger partial charge on any atom is -0.360 e. The number of thioether (sulfide) groups is 2. The number of nitrogens with one attached hydrogen (secondary N) is 1. The van der Waals surface area contributed by atoms with Crippen molar-refractivity contribution in [2.45, 2.75) is 115 Å². The molecule has 0 saturated heterocycles. The van der Waals surface area contributed by atoms with Crippen LogP contribution in [0.4, 0.5) is 0 Å². The average Bonchev–Trinajstić information content (AvgIpc) is 1.62. The molecule has 34 heteroatoms. The van der Waals surface area contributed by atoms with Gasteiger partial charge in [-0.1, -0.05) is 190 Å². The van der Waals surface area contributed by atoms with E-state index in [0.717, 1.165) is 143 Å². The number of H-pyrrole nitrogens is 1. The highest BCUT2D eigenvalue weighted by Gasteiger charge is 2.26. The van der Waals surface area contributed by atoms with Crippen molar-refractivity contribution in [3.63, 3.8) is 0 Å². The second kappa shape index (κ2) is 34.7. The first-order chi connectivity index (χ1) is 55.8. The van der Waals surface area contributed by atoms with Crippen molar-refractivity contribution in [1.82, 2.24) is 87.8 Å². The van der Waals surface area contributed by atoms with Crippen LogP contribution in [0.3, 0.4) is 0 Å². The van der Waals surface area contributed by atoms with Gasteiger partial charge >= 0.3 is 0 Å². The molecule has 0 fully saturated rings. The Bertz CT molecular complexity index is 6910. The summed E-state index contributed by atoms with van der Waals surface area (Å²) in [6, 6.07) is 51.0. The molecule has 0 saturated carbocycles. The van der Waals surface area contributed by atoms with Crippen molar-refractivity contribution in [1.29, 1.82) is 0 Å². The molecule has 1 N–H and O–H groups in total. The number of sulfone groups is 1. The lowest BCUT2D eigenvalue weighted by Crippen LogP contribution is -2.24. The van der Waals surface area contributed by atoms with E-state index in [1.54, 1.807) is 88.8 Å². The Hall–Kier alpha value is -9.99. The van der Waals surface area contributed by atoms with E-state index in [1.165, 1.54) is 30.7 Å². The summed E-state index contributed by atoms with van der Waals surface area (Å²) in [6.45, 7) is 17.3. The first-order valence-electron chi connectivity index (χ1n) is 37.5. The van der Waals surface area contributed by atoms with E-state index < -0.39 is 26.0 Å². The molecule has 0 unspecified atom stereocenters. The number of aromatic nitrogens is 18. The molecule has 18 aromatic rings. The largest absolute Gasteiger partial charge is 0.360 e. The van der Waals surface area contributed by atoms with Gasteiger partial charge in [-0.25, -0.2) is 46.8 Å². The van der Waals surface area contributed by atoms with Gasteiger partial charge in [0.15, 0.2) is 25.6 Å². The lowest BCUT2D eigenvalue weighted by atomic mass is 10.1. The van der Waals surface area contributed by atoms with E-state index in [9.17, 15) is 22.8 Å². The summed E-state index contributed by atoms with van der Waals surface area (Å²) >= 11 is 11.8. The van der Waals surface area contributed by atoms with Crippen molar-refractivity contribution < 1.29 is 17.9 Å². The van der Waals surface area contributed by atoms with Gasteiger partial charge in [0.2, 0.25) is 14.2 Å². The Labute approximate surface area is 695 Å². The molecule has 0 aliphatic heterocycles. The van der Waals surface area contributed by atoms with Crippen LogP contribution in [0.15, 0.2) is 210 Å². The number of fused-ring (bicyclic) bond motifs is 12. The molecule has 0 aliphatic rings. The number of aromatic amines is 1. The standard InChI is InChI=1S/C29H32N6O2S2Si.C23H28N6O4S2Si.C23H18N6OS2.C7H8S/c1-33-25-23(26-27(33)32-29(39-26)38-18-20-9-6-5-7-10-20)16-30-34(28(25)36)17-21-11-8-12-24-22(21)15-31-35(24)19-37-13-14-40(2,3)4;1-27-19-17(20-21(27)26-23(34-20)35(2,31)32)12-24-28(22(19)30)13-15-7-6-8-18-16(15)11-25-29(18)14-33-9-10-36(3,4)5;1-28-19-17(20-21(28)26-23(32-20)31-13-14-6-3-2-4-7-14)11-25-29(22(19)30)12-15-8-5-9-18-16(15)10-24-27-18;8-6-7-4-2-1-3-5-7/h5-12,15-16H,13-14,17-19H2,1-4H3;6-8,11-12H,9-10,13-14H2,1-5H3;2-11H,12-13H2,1H3,(H,24,27);1-5,8H,6H2. The Morgan fingerprint density at radius 2 is 0.810 bits per heavy atom. The van der Waals surface area contributed by atoms with Crippen molar-refractivity contribution >= 4 is 193 Å². The number of thiol groups is 1. The molecular weight excluding hydrogens is 1630 g/mol. The third-order valence-electron chi connectivity index (χ3n) is 19.8. The number of hydrogen-bond donors (Lipinski definition) is 2. The first kappa shape index (κ1) is 81.2. The SMILES string of the molecule is Cn1c2nc(S(C)(=O)=O)sc2c2cnn(Cc3cccc4c3cnn4COCC[Si](C)(C)C)c(=O)c21.Cn1c2nc(SCc3ccccc3)sc2c2cnn(Cc3cccc4[nH]ncc34)c(=O)c21.Cn1c2nc(SCc3ccccc3)sc2c2cnn(Cc3cccc4c3cnn4COCC[Si](C)(C)C)c(=O)c21.SCc1ccccc1. The molecule has 12 heterocycles. The van der Waals surface area contributed by atoms with Crippen molar-refractivity contribution in [2.24, 2.45) is 21.1 Å². The van der Waals surface area contributed by atoms with Crippen LogP contribution in [-0.4, -0.2) is 132 Å². The van der Waals surface area contributed by atoms with Crippen LogP contribution in [0.25, 0.3) is 96.5 Å². The zero-order valence-electron chi connectivity index (χ0n) is 65.7. The fraction of sp³-hybridized carbons (Fsp3) is 0.268. The van der Waals surface area contributed by atoms with Gasteiger partial charge < -0.3 is 23.2 Å². The Balaban J connectivity index is 0.000000131. The monoisotopic (exact) mass is 1710 g/mol. The normalized spacial score (nSPS) is 12.1. The van der Waals surface area contributed by atoms with E-state index in [-0.39, 0.29) is 27.6 Å². The molecule has 0 spiro atoms. The molecule has 12 aromatic heterocycles. The second-order valence-electron chi connectivity index (χ2n) is 30.6. The molecule has 0 aliphatic carbocycles. The lowest BCUT2D eigenvalue weighted by molar-refractivity contribution is 0.0816. The van der Waals surface area contributed by atoms with Crippen LogP contribution >= 0.6 is 70.2 Å². The highest BCUT2D eigenvalue weighted by molar-refractivity contribution is 8.00. The van der Waals surface area contributed by atoms with Gasteiger partial charge in [-0.3, -0.25) is 19.5 Å². The number of thiazole rings is 3. The quantitative estimate of drug-likeness (QED) is 0.0246. The maximum Gasteiger partial charge on any atom is 0.291 e. The van der Waals surface area contributed by atoms with E-state index in [1.807, 2.05) is 136 Å². The summed E-state index contributed by atoms with van der Waals surface area (Å²) in [5, 5.41) is 34.9. The third-order valence-corrected chi connectivity index (χ3v) is 30.9. The Kier molecular flexibility index (Phi) is 24.3. The van der Waals surface area contributed by atoms with Crippen molar-refractivity contribution in [3.8, 4) is 0 Å². The summed E-state index contributed by atoms with van der Waals surface area (Å²) < 4.78 is 54.0. The summed E-state index contributed by atoms with van der Waals surface area (Å²) in [5.74, 6) is 2.56. The van der Waals surface area contributed by atoms with Crippen LogP contribution in [0.2, 0.25) is 51.4 Å². The zero-order chi connectivity index (χ0) is 81.2. The predicted octanol–water partition coefficient (Wildman–Crippen LogP) is 16.5. The predicted molar refractivity (Wildman–Crippen MR) is 480 cm³/mol. The maximum absolute atomic E-state index is 13.6. The molecule has 0 atom stereocenters. The Morgan fingerprint density at radius 3 is 1.21 bits per heavy atom. The molecule has 25 nitrogen and oxygen atoms in total. The topological polar surface area (TPSA) is 275 Å². The summed E-state index contributed by atoms with van der Waals surface area (Å²) in [6.07, 6.45) is 11.8. The number of nitrogens with zero attached hydrogens (tertiary/aromatic N) is 17. The van der Waals surface area contributed by atoms with Crippen molar-refractivity contribution in [3.05, 3.63) is 247 Å². The minimum atomic E-state index is -3.44. The molecule has 0 bridgehead atoms. The van der Waals surface area contributed by atoms with Gasteiger partial charge in [0.25, 0.3) is 16.7 Å². The lowest BCUT2D eigenvalue weighted by Gasteiger charge is -2.15. The molecule has 6 aromatic carbocycles. The van der Waals surface area contributed by atoms with E-state index in [4.69, 9.17) is 19.4 Å². The number of ether oxygens (including phenoxy) is 2. The van der Waals surface area contributed by atoms with Crippen LogP contribution in [0.1, 0.15) is 33.4 Å². The molecule has 18 rings (SSSR count). The summed E-state index contributed by atoms with van der Waals surface area (Å²) in [5.41, 5.74) is 12.9. The smallest absolute Gasteiger partial charge is 0.291 e. The molecule has 116 heavy (non-hydrogen) atoms. The Morgan fingerprint density at radius 1 is 0.440 bits per heavy atom. The fourth-order valence-electron chi connectivity index (χ4n) is 13.5. The summed E-state index contributed by atoms with van der Waals surface area (Å²) in [4.78, 5) is 54.3. The van der Waals surface area contributed by atoms with Crippen molar-refractivity contribution in [2.75, 3.05) is 19.5 Å². The van der Waals surface area contributed by atoms with E-state index in [0.29, 0.717) is 65.4 Å². The fourth-order valence-corrected chi connectivity index (χ4v) is 21.4. The van der Waals surface area contributed by atoms with Crippen LogP contribution < -0.4 is 16.7 Å². The summed E-state index contributed by atoms with van der Waals surface area (Å²) in [7, 11) is -0.206. The average molecular weight is 1720 g/mol. The molecular formula is C82H86N18O7S7Si2. The highest BCUT2D eigenvalue weighted by atomic mass is 32.2. The van der Waals surface area contributed by atoms with Gasteiger partial charge in [-0.2, -0.15) is 43.2 Å². The number of rotatable bonds is 24. The second-order valence-corrected chi connectivity index (χ2v) is 49.8. The van der Waals surface area contributed by atoms with E-state index >= 15 is 0 Å². The number of hydrogen-bond acceptors (Lipinski definition) is 22. The van der Waals surface area contributed by atoms with Gasteiger partial charge in [0, 0.05) is 106 Å². The van der Waals surface area contributed by atoms with Gasteiger partial charge in [0.1, 0.15) is 30.0 Å². The maximum atomic E-state index is 13.6. The zero-order valence-corrected chi connectivity index (χ0v) is 73.5. The van der Waals surface area contributed by atoms with Gasteiger partial charge in [0.05, 0.1) is 87.5 Å². The molecule has 0 amide bonds. The van der Waals surface area contributed by atoms with Gasteiger partial charge in [-0.05, 0) is 63.7 Å². The number of benzene rings is 6. The third kappa shape index (κ3) is 17.8.